The van der Waals surface area contributed by atoms with Crippen LogP contribution in [0.2, 0.25) is 5.02 Å². The van der Waals surface area contributed by atoms with Gasteiger partial charge in [0.05, 0.1) is 10.9 Å². The van der Waals surface area contributed by atoms with Gasteiger partial charge in [0.15, 0.2) is 11.0 Å². The molecule has 1 unspecified atom stereocenters. The molecule has 0 bridgehead atoms. The molecule has 1 atom stereocenters. The third-order valence-corrected chi connectivity index (χ3v) is 5.16. The van der Waals surface area contributed by atoms with Crippen LogP contribution in [0.15, 0.2) is 47.6 Å². The number of thioether (sulfide) groups is 1. The molecule has 3 aromatic rings. The van der Waals surface area contributed by atoms with E-state index in [1.165, 1.54) is 0 Å². The highest BCUT2D eigenvalue weighted by molar-refractivity contribution is 8.00. The molecule has 0 fully saturated rings. The van der Waals surface area contributed by atoms with Crippen molar-refractivity contribution >= 4 is 35.0 Å². The number of nitrogens with zero attached hydrogens (tertiary/aromatic N) is 3. The number of carbonyl (C=O) groups is 1. The number of benzene rings is 2. The lowest BCUT2D eigenvalue weighted by atomic mass is 10.2. The molecular weight excluding hydrogens is 394 g/mol. The molecule has 0 radical (unpaired) electrons. The first-order valence-corrected chi connectivity index (χ1v) is 9.19. The van der Waals surface area contributed by atoms with Crippen LogP contribution in [-0.4, -0.2) is 25.9 Å². The zero-order valence-corrected chi connectivity index (χ0v) is 16.0. The SMILES string of the molecule is CC(Sc1nnc(-c2ccc(Cl)cc2)n1C)C(=O)Nc1cc(F)ccc1F. The molecule has 27 heavy (non-hydrogen) atoms. The number of amides is 1. The summed E-state index contributed by atoms with van der Waals surface area (Å²) in [5.41, 5.74) is 0.632. The van der Waals surface area contributed by atoms with E-state index in [0.717, 1.165) is 35.5 Å². The summed E-state index contributed by atoms with van der Waals surface area (Å²) in [6, 6.07) is 10.0. The molecule has 140 valence electrons. The van der Waals surface area contributed by atoms with Crippen molar-refractivity contribution in [3.63, 3.8) is 0 Å². The van der Waals surface area contributed by atoms with Crippen LogP contribution in [0, 0.1) is 11.6 Å². The predicted octanol–water partition coefficient (Wildman–Crippen LogP) is 4.53. The minimum Gasteiger partial charge on any atom is -0.323 e. The van der Waals surface area contributed by atoms with Crippen LogP contribution in [0.4, 0.5) is 14.5 Å². The lowest BCUT2D eigenvalue weighted by Crippen LogP contribution is -2.23. The van der Waals surface area contributed by atoms with E-state index in [0.29, 0.717) is 16.0 Å². The van der Waals surface area contributed by atoms with E-state index in [4.69, 9.17) is 11.6 Å². The maximum Gasteiger partial charge on any atom is 0.237 e. The normalized spacial score (nSPS) is 12.0. The summed E-state index contributed by atoms with van der Waals surface area (Å²) in [6.45, 7) is 1.65. The smallest absolute Gasteiger partial charge is 0.237 e. The van der Waals surface area contributed by atoms with Crippen molar-refractivity contribution in [2.45, 2.75) is 17.3 Å². The quantitative estimate of drug-likeness (QED) is 0.630. The Morgan fingerprint density at radius 3 is 2.59 bits per heavy atom. The van der Waals surface area contributed by atoms with E-state index in [-0.39, 0.29) is 5.69 Å². The Bertz CT molecular complexity index is 978. The minimum atomic E-state index is -0.703. The zero-order valence-electron chi connectivity index (χ0n) is 14.4. The Labute approximate surface area is 163 Å². The molecule has 3 rings (SSSR count). The van der Waals surface area contributed by atoms with Gasteiger partial charge < -0.3 is 9.88 Å². The summed E-state index contributed by atoms with van der Waals surface area (Å²) in [5.74, 6) is -1.18. The largest absolute Gasteiger partial charge is 0.323 e. The molecule has 1 amide bonds. The number of carbonyl (C=O) groups excluding carboxylic acids is 1. The van der Waals surface area contributed by atoms with Crippen molar-refractivity contribution in [1.82, 2.24) is 14.8 Å². The second-order valence-electron chi connectivity index (χ2n) is 5.75. The van der Waals surface area contributed by atoms with Crippen molar-refractivity contribution in [2.75, 3.05) is 5.32 Å². The van der Waals surface area contributed by atoms with Gasteiger partial charge in [-0.1, -0.05) is 23.4 Å². The molecule has 0 saturated carbocycles. The molecule has 0 spiro atoms. The minimum absolute atomic E-state index is 0.202. The predicted molar refractivity (Wildman–Crippen MR) is 102 cm³/mol. The third-order valence-electron chi connectivity index (χ3n) is 3.78. The van der Waals surface area contributed by atoms with E-state index >= 15 is 0 Å². The summed E-state index contributed by atoms with van der Waals surface area (Å²) >= 11 is 7.05. The molecule has 1 aromatic heterocycles. The zero-order chi connectivity index (χ0) is 19.6. The number of aromatic nitrogens is 3. The van der Waals surface area contributed by atoms with Crippen LogP contribution in [0.1, 0.15) is 6.92 Å². The highest BCUT2D eigenvalue weighted by Crippen LogP contribution is 2.27. The van der Waals surface area contributed by atoms with Crippen molar-refractivity contribution in [1.29, 1.82) is 0 Å². The number of nitrogens with one attached hydrogen (secondary N) is 1. The molecular formula is C18H15ClF2N4OS. The van der Waals surface area contributed by atoms with E-state index in [9.17, 15) is 13.6 Å². The summed E-state index contributed by atoms with van der Waals surface area (Å²) in [6.07, 6.45) is 0. The fraction of sp³-hybridized carbons (Fsp3) is 0.167. The number of rotatable bonds is 5. The number of hydrogen-bond donors (Lipinski definition) is 1. The van der Waals surface area contributed by atoms with Gasteiger partial charge >= 0.3 is 0 Å². The first-order chi connectivity index (χ1) is 12.8. The van der Waals surface area contributed by atoms with Gasteiger partial charge in [0.2, 0.25) is 5.91 Å². The Morgan fingerprint density at radius 2 is 1.89 bits per heavy atom. The van der Waals surface area contributed by atoms with Gasteiger partial charge in [0, 0.05) is 23.7 Å². The summed E-state index contributed by atoms with van der Waals surface area (Å²) in [5, 5.41) is 11.2. The first-order valence-electron chi connectivity index (χ1n) is 7.93. The molecule has 1 heterocycles. The second kappa shape index (κ2) is 8.06. The van der Waals surface area contributed by atoms with Crippen LogP contribution in [0.3, 0.4) is 0 Å². The van der Waals surface area contributed by atoms with Crippen LogP contribution < -0.4 is 5.32 Å². The van der Waals surface area contributed by atoms with E-state index in [1.54, 1.807) is 30.7 Å². The Morgan fingerprint density at radius 1 is 1.19 bits per heavy atom. The van der Waals surface area contributed by atoms with Gasteiger partial charge in [-0.25, -0.2) is 8.78 Å². The van der Waals surface area contributed by atoms with E-state index < -0.39 is 22.8 Å². The number of hydrogen-bond acceptors (Lipinski definition) is 4. The van der Waals surface area contributed by atoms with E-state index in [2.05, 4.69) is 15.5 Å². The fourth-order valence-corrected chi connectivity index (χ4v) is 3.25. The van der Waals surface area contributed by atoms with Crippen LogP contribution in [0.25, 0.3) is 11.4 Å². The van der Waals surface area contributed by atoms with Gasteiger partial charge in [0.1, 0.15) is 11.6 Å². The lowest BCUT2D eigenvalue weighted by Gasteiger charge is -2.12. The van der Waals surface area contributed by atoms with Gasteiger partial charge in [-0.05, 0) is 43.3 Å². The van der Waals surface area contributed by atoms with E-state index in [1.807, 2.05) is 12.1 Å². The van der Waals surface area contributed by atoms with Gasteiger partial charge in [-0.15, -0.1) is 10.2 Å². The molecule has 5 nitrogen and oxygen atoms in total. The van der Waals surface area contributed by atoms with Crippen LogP contribution in [0.5, 0.6) is 0 Å². The third kappa shape index (κ3) is 4.45. The number of anilines is 1. The Hall–Kier alpha value is -2.45. The lowest BCUT2D eigenvalue weighted by molar-refractivity contribution is -0.115. The molecule has 0 saturated heterocycles. The van der Waals surface area contributed by atoms with Crippen molar-refractivity contribution in [3.8, 4) is 11.4 Å². The first kappa shape index (κ1) is 19.3. The van der Waals surface area contributed by atoms with Gasteiger partial charge in [-0.2, -0.15) is 0 Å². The average Bonchev–Trinajstić information content (AvgIpc) is 2.99. The number of halogens is 3. The van der Waals surface area contributed by atoms with Crippen molar-refractivity contribution in [3.05, 3.63) is 59.1 Å². The Kier molecular flexibility index (Phi) is 5.76. The monoisotopic (exact) mass is 408 g/mol. The highest BCUT2D eigenvalue weighted by Gasteiger charge is 2.20. The molecule has 0 aliphatic carbocycles. The summed E-state index contributed by atoms with van der Waals surface area (Å²) in [4.78, 5) is 12.3. The fourth-order valence-electron chi connectivity index (χ4n) is 2.31. The molecule has 0 aliphatic heterocycles. The van der Waals surface area contributed by atoms with Gasteiger partial charge in [-0.3, -0.25) is 4.79 Å². The molecule has 0 aliphatic rings. The summed E-state index contributed by atoms with van der Waals surface area (Å²) in [7, 11) is 1.78. The van der Waals surface area contributed by atoms with Crippen molar-refractivity contribution < 1.29 is 13.6 Å². The molecule has 2 aromatic carbocycles. The topological polar surface area (TPSA) is 59.8 Å². The van der Waals surface area contributed by atoms with Crippen LogP contribution in [-0.2, 0) is 11.8 Å². The molecule has 1 N–H and O–H groups in total. The standard InChI is InChI=1S/C18H15ClF2N4OS/c1-10(17(26)22-15-9-13(20)7-8-14(15)21)27-18-24-23-16(25(18)2)11-3-5-12(19)6-4-11/h3-10H,1-2H3,(H,22,26). The Balaban J connectivity index is 1.72. The average molecular weight is 409 g/mol. The summed E-state index contributed by atoms with van der Waals surface area (Å²) < 4.78 is 28.7. The second-order valence-corrected chi connectivity index (χ2v) is 7.49. The van der Waals surface area contributed by atoms with Gasteiger partial charge in [0.25, 0.3) is 0 Å². The molecule has 9 heteroatoms. The maximum absolute atomic E-state index is 13.7. The maximum atomic E-state index is 13.7. The van der Waals surface area contributed by atoms with Crippen molar-refractivity contribution in [2.24, 2.45) is 7.05 Å². The van der Waals surface area contributed by atoms with Crippen LogP contribution >= 0.6 is 23.4 Å². The highest BCUT2D eigenvalue weighted by atomic mass is 35.5.